The summed E-state index contributed by atoms with van der Waals surface area (Å²) < 4.78 is 13.8. The maximum Gasteiger partial charge on any atom is 0.358 e. The molecule has 4 nitrogen and oxygen atoms in total. The molecule has 0 aromatic carbocycles. The Hall–Kier alpha value is 0.350. The Kier molecular flexibility index (Phi) is 8.99. The summed E-state index contributed by atoms with van der Waals surface area (Å²) in [5.74, 6) is -2.74. The van der Waals surface area contributed by atoms with Gasteiger partial charge in [-0.05, 0) is 13.0 Å². The van der Waals surface area contributed by atoms with Crippen LogP contribution in [0.2, 0.25) is 0 Å². The highest BCUT2D eigenvalue weighted by atomic mass is 35.6. The van der Waals surface area contributed by atoms with Crippen LogP contribution in [0.25, 0.3) is 0 Å². The predicted molar refractivity (Wildman–Crippen MR) is 83.0 cm³/mol. The number of nitrogens with one attached hydrogen (secondary N) is 1. The standard InChI is InChI=1S/C10H10Cl6FNO3/c1-5(18-7(19)9(11,12)13)6(17)3-2-4-21-8(20)10(14,15)16/h3,5H,2,4H2,1H3,(H,18,19)/b6-3-. The van der Waals surface area contributed by atoms with Crippen molar-refractivity contribution in [1.29, 1.82) is 0 Å². The molecule has 0 aromatic rings. The largest absolute Gasteiger partial charge is 0.462 e. The van der Waals surface area contributed by atoms with Gasteiger partial charge in [-0.15, -0.1) is 0 Å². The van der Waals surface area contributed by atoms with Crippen LogP contribution in [0.4, 0.5) is 4.39 Å². The molecule has 0 radical (unpaired) electrons. The lowest BCUT2D eigenvalue weighted by Gasteiger charge is -2.16. The summed E-state index contributed by atoms with van der Waals surface area (Å²) in [6.45, 7) is 1.14. The molecule has 0 saturated heterocycles. The lowest BCUT2D eigenvalue weighted by molar-refractivity contribution is -0.142. The quantitative estimate of drug-likeness (QED) is 0.413. The zero-order valence-corrected chi connectivity index (χ0v) is 15.0. The molecule has 1 amide bonds. The number of ether oxygens (including phenoxy) is 1. The van der Waals surface area contributed by atoms with Gasteiger partial charge in [-0.3, -0.25) is 4.79 Å². The molecule has 0 aromatic heterocycles. The summed E-state index contributed by atoms with van der Waals surface area (Å²) in [4.78, 5) is 22.4. The second-order valence-corrected chi connectivity index (χ2v) is 8.27. The molecule has 11 heteroatoms. The summed E-state index contributed by atoms with van der Waals surface area (Å²) >= 11 is 31.7. The van der Waals surface area contributed by atoms with Gasteiger partial charge in [-0.2, -0.15) is 0 Å². The summed E-state index contributed by atoms with van der Waals surface area (Å²) in [5.41, 5.74) is 0. The van der Waals surface area contributed by atoms with Crippen molar-refractivity contribution in [3.63, 3.8) is 0 Å². The molecule has 1 unspecified atom stereocenters. The van der Waals surface area contributed by atoms with Crippen molar-refractivity contribution in [1.82, 2.24) is 5.32 Å². The van der Waals surface area contributed by atoms with Crippen molar-refractivity contribution in [3.8, 4) is 0 Å². The maximum absolute atomic E-state index is 13.6. The zero-order chi connectivity index (χ0) is 16.8. The first-order chi connectivity index (χ1) is 9.35. The van der Waals surface area contributed by atoms with E-state index >= 15 is 0 Å². The molecule has 0 bridgehead atoms. The Bertz CT molecular complexity index is 418. The molecule has 0 spiro atoms. The first-order valence-electron chi connectivity index (χ1n) is 5.33. The van der Waals surface area contributed by atoms with Crippen molar-refractivity contribution >= 4 is 81.5 Å². The van der Waals surface area contributed by atoms with Crippen molar-refractivity contribution in [2.24, 2.45) is 0 Å². The van der Waals surface area contributed by atoms with Gasteiger partial charge in [0.05, 0.1) is 12.6 Å². The zero-order valence-electron chi connectivity index (χ0n) is 10.4. The van der Waals surface area contributed by atoms with Crippen LogP contribution >= 0.6 is 69.6 Å². The molecular formula is C10H10Cl6FNO3. The van der Waals surface area contributed by atoms with Crippen LogP contribution in [0, 0.1) is 0 Å². The maximum atomic E-state index is 13.6. The smallest absolute Gasteiger partial charge is 0.358 e. The van der Waals surface area contributed by atoms with E-state index in [1.54, 1.807) is 0 Å². The van der Waals surface area contributed by atoms with Gasteiger partial charge >= 0.3 is 5.97 Å². The van der Waals surface area contributed by atoms with Gasteiger partial charge in [-0.1, -0.05) is 69.6 Å². The molecule has 1 atom stereocenters. The number of carbonyl (C=O) groups excluding carboxylic acids is 2. The lowest BCUT2D eigenvalue weighted by Crippen LogP contribution is -2.40. The first kappa shape index (κ1) is 21.4. The normalized spacial score (nSPS) is 14.6. The van der Waals surface area contributed by atoms with Crippen molar-refractivity contribution in [2.45, 2.75) is 27.0 Å². The fourth-order valence-corrected chi connectivity index (χ4v) is 1.28. The number of esters is 1. The average molecular weight is 424 g/mol. The molecule has 21 heavy (non-hydrogen) atoms. The molecule has 1 N–H and O–H groups in total. The number of alkyl halides is 6. The summed E-state index contributed by atoms with van der Waals surface area (Å²) in [6.07, 6.45) is 1.08. The average Bonchev–Trinajstić information content (AvgIpc) is 2.31. The van der Waals surface area contributed by atoms with E-state index < -0.39 is 31.3 Å². The van der Waals surface area contributed by atoms with E-state index in [2.05, 4.69) is 10.1 Å². The Morgan fingerprint density at radius 1 is 1.19 bits per heavy atom. The summed E-state index contributed by atoms with van der Waals surface area (Å²) in [7, 11) is 0. The van der Waals surface area contributed by atoms with E-state index in [4.69, 9.17) is 69.6 Å². The molecular weight excluding hydrogens is 414 g/mol. The lowest BCUT2D eigenvalue weighted by atomic mass is 10.2. The third-order valence-electron chi connectivity index (χ3n) is 1.94. The van der Waals surface area contributed by atoms with Gasteiger partial charge in [0.15, 0.2) is 0 Å². The fraction of sp³-hybridized carbons (Fsp3) is 0.600. The topological polar surface area (TPSA) is 55.4 Å². The first-order valence-corrected chi connectivity index (χ1v) is 7.59. The van der Waals surface area contributed by atoms with Gasteiger partial charge in [0.25, 0.3) is 13.5 Å². The van der Waals surface area contributed by atoms with E-state index in [0.29, 0.717) is 0 Å². The second-order valence-electron chi connectivity index (χ2n) is 3.70. The SMILES string of the molecule is CC(NC(=O)C(Cl)(Cl)Cl)/C(F)=C/CCOC(=O)C(Cl)(Cl)Cl. The molecule has 122 valence electrons. The summed E-state index contributed by atoms with van der Waals surface area (Å²) in [5, 5.41) is 2.14. The molecule has 0 aliphatic rings. The highest BCUT2D eigenvalue weighted by molar-refractivity contribution is 6.76. The highest BCUT2D eigenvalue weighted by Crippen LogP contribution is 2.27. The third kappa shape index (κ3) is 9.16. The van der Waals surface area contributed by atoms with Crippen LogP contribution < -0.4 is 5.32 Å². The molecule has 0 heterocycles. The van der Waals surface area contributed by atoms with E-state index in [1.807, 2.05) is 0 Å². The van der Waals surface area contributed by atoms with Gasteiger partial charge in [0.1, 0.15) is 5.83 Å². The number of hydrogen-bond donors (Lipinski definition) is 1. The van der Waals surface area contributed by atoms with Crippen LogP contribution in [0.1, 0.15) is 13.3 Å². The van der Waals surface area contributed by atoms with Crippen molar-refractivity contribution in [3.05, 3.63) is 11.9 Å². The van der Waals surface area contributed by atoms with Gasteiger partial charge in [-0.25, -0.2) is 9.18 Å². The number of halogens is 7. The van der Waals surface area contributed by atoms with Gasteiger partial charge in [0, 0.05) is 6.42 Å². The third-order valence-corrected chi connectivity index (χ3v) is 2.92. The minimum absolute atomic E-state index is 0.00625. The van der Waals surface area contributed by atoms with E-state index in [-0.39, 0.29) is 13.0 Å². The Morgan fingerprint density at radius 3 is 2.14 bits per heavy atom. The van der Waals surface area contributed by atoms with Crippen LogP contribution in [-0.4, -0.2) is 32.1 Å². The van der Waals surface area contributed by atoms with Gasteiger partial charge in [0.2, 0.25) is 0 Å². The fourth-order valence-electron chi connectivity index (χ4n) is 0.954. The molecule has 0 rings (SSSR count). The van der Waals surface area contributed by atoms with Gasteiger partial charge < -0.3 is 10.1 Å². The Labute approximate surface area is 150 Å². The molecule has 0 saturated carbocycles. The van der Waals surface area contributed by atoms with E-state index in [1.165, 1.54) is 6.92 Å². The number of rotatable bonds is 5. The van der Waals surface area contributed by atoms with E-state index in [9.17, 15) is 14.0 Å². The van der Waals surface area contributed by atoms with Crippen molar-refractivity contribution in [2.75, 3.05) is 6.61 Å². The van der Waals surface area contributed by atoms with Crippen molar-refractivity contribution < 1.29 is 18.7 Å². The number of hydrogen-bond acceptors (Lipinski definition) is 3. The Morgan fingerprint density at radius 2 is 1.71 bits per heavy atom. The Balaban J connectivity index is 4.25. The molecule has 0 fully saturated rings. The monoisotopic (exact) mass is 421 g/mol. The minimum atomic E-state index is -2.19. The van der Waals surface area contributed by atoms with Crippen LogP contribution in [0.3, 0.4) is 0 Å². The van der Waals surface area contributed by atoms with Crippen LogP contribution in [0.15, 0.2) is 11.9 Å². The minimum Gasteiger partial charge on any atom is -0.462 e. The second kappa shape index (κ2) is 8.85. The molecule has 0 aliphatic heterocycles. The van der Waals surface area contributed by atoms with Crippen LogP contribution in [-0.2, 0) is 14.3 Å². The predicted octanol–water partition coefficient (Wildman–Crippen LogP) is 4.02. The highest BCUT2D eigenvalue weighted by Gasteiger charge is 2.33. The van der Waals surface area contributed by atoms with Crippen LogP contribution in [0.5, 0.6) is 0 Å². The number of carbonyl (C=O) groups is 2. The summed E-state index contributed by atoms with van der Waals surface area (Å²) in [6, 6.07) is -1.02. The number of amides is 1. The van der Waals surface area contributed by atoms with E-state index in [0.717, 1.165) is 6.08 Å². The molecule has 0 aliphatic carbocycles.